The standard InChI is InChI=1S/C14H20N2/c1-4-13(9-10-15)16-14-7-5-12(6-8-14)11(2)3/h5-8,11,13,16H,4,9H2,1-3H3. The maximum Gasteiger partial charge on any atom is 0.0643 e. The third kappa shape index (κ3) is 3.58. The van der Waals surface area contributed by atoms with E-state index in [2.05, 4.69) is 56.4 Å². The quantitative estimate of drug-likeness (QED) is 0.809. The van der Waals surface area contributed by atoms with E-state index in [1.165, 1.54) is 5.56 Å². The molecule has 0 aliphatic heterocycles. The van der Waals surface area contributed by atoms with Crippen molar-refractivity contribution in [2.45, 2.75) is 45.6 Å². The molecule has 0 aliphatic rings. The molecule has 0 bridgehead atoms. The van der Waals surface area contributed by atoms with Gasteiger partial charge in [-0.3, -0.25) is 0 Å². The van der Waals surface area contributed by atoms with Gasteiger partial charge in [0.1, 0.15) is 0 Å². The Morgan fingerprint density at radius 3 is 2.31 bits per heavy atom. The molecule has 1 unspecified atom stereocenters. The Bertz CT molecular complexity index is 346. The molecule has 0 saturated carbocycles. The average Bonchev–Trinajstić information content (AvgIpc) is 2.29. The number of nitrogens with zero attached hydrogens (tertiary/aromatic N) is 1. The van der Waals surface area contributed by atoms with Crippen LogP contribution in [0, 0.1) is 11.3 Å². The van der Waals surface area contributed by atoms with Crippen LogP contribution in [0.15, 0.2) is 24.3 Å². The molecule has 1 N–H and O–H groups in total. The summed E-state index contributed by atoms with van der Waals surface area (Å²) >= 11 is 0. The van der Waals surface area contributed by atoms with E-state index >= 15 is 0 Å². The van der Waals surface area contributed by atoms with Crippen LogP contribution in [0.4, 0.5) is 5.69 Å². The largest absolute Gasteiger partial charge is 0.381 e. The van der Waals surface area contributed by atoms with Gasteiger partial charge in [0.2, 0.25) is 0 Å². The Kier molecular flexibility index (Phi) is 4.85. The van der Waals surface area contributed by atoms with Crippen LogP contribution in [0.1, 0.15) is 45.1 Å². The van der Waals surface area contributed by atoms with Crippen LogP contribution in [-0.4, -0.2) is 6.04 Å². The number of anilines is 1. The molecule has 0 aliphatic carbocycles. The molecule has 0 amide bonds. The molecule has 0 fully saturated rings. The van der Waals surface area contributed by atoms with Crippen molar-refractivity contribution in [3.63, 3.8) is 0 Å². The first kappa shape index (κ1) is 12.6. The van der Waals surface area contributed by atoms with Crippen molar-refractivity contribution in [3.05, 3.63) is 29.8 Å². The summed E-state index contributed by atoms with van der Waals surface area (Å²) in [5.41, 5.74) is 2.45. The van der Waals surface area contributed by atoms with Crippen LogP contribution in [0.2, 0.25) is 0 Å². The second-order valence-corrected chi connectivity index (χ2v) is 4.39. The predicted molar refractivity (Wildman–Crippen MR) is 68.5 cm³/mol. The zero-order valence-electron chi connectivity index (χ0n) is 10.3. The van der Waals surface area contributed by atoms with Gasteiger partial charge in [0.15, 0.2) is 0 Å². The average molecular weight is 216 g/mol. The molecule has 2 nitrogen and oxygen atoms in total. The molecule has 2 heteroatoms. The van der Waals surface area contributed by atoms with Gasteiger partial charge in [-0.1, -0.05) is 32.9 Å². The Morgan fingerprint density at radius 2 is 1.88 bits per heavy atom. The molecule has 0 radical (unpaired) electrons. The second-order valence-electron chi connectivity index (χ2n) is 4.39. The summed E-state index contributed by atoms with van der Waals surface area (Å²) in [6.07, 6.45) is 1.53. The number of rotatable bonds is 5. The van der Waals surface area contributed by atoms with Crippen LogP contribution in [0.3, 0.4) is 0 Å². The fourth-order valence-corrected chi connectivity index (χ4v) is 1.61. The van der Waals surface area contributed by atoms with Crippen molar-refractivity contribution in [2.24, 2.45) is 0 Å². The van der Waals surface area contributed by atoms with E-state index in [0.29, 0.717) is 12.3 Å². The van der Waals surface area contributed by atoms with E-state index in [1.54, 1.807) is 0 Å². The Labute approximate surface area is 98.3 Å². The zero-order valence-corrected chi connectivity index (χ0v) is 10.3. The van der Waals surface area contributed by atoms with Crippen molar-refractivity contribution in [1.82, 2.24) is 0 Å². The highest BCUT2D eigenvalue weighted by molar-refractivity contribution is 5.46. The highest BCUT2D eigenvalue weighted by Gasteiger charge is 2.05. The molecule has 0 aromatic heterocycles. The first-order chi connectivity index (χ1) is 7.67. The smallest absolute Gasteiger partial charge is 0.0643 e. The summed E-state index contributed by atoms with van der Waals surface area (Å²) in [6.45, 7) is 6.47. The Balaban J connectivity index is 2.64. The molecule has 86 valence electrons. The van der Waals surface area contributed by atoms with E-state index in [-0.39, 0.29) is 6.04 Å². The number of nitrogens with one attached hydrogen (secondary N) is 1. The van der Waals surface area contributed by atoms with Crippen molar-refractivity contribution in [2.75, 3.05) is 5.32 Å². The molecular formula is C14H20N2. The maximum absolute atomic E-state index is 8.67. The lowest BCUT2D eigenvalue weighted by atomic mass is 10.0. The van der Waals surface area contributed by atoms with Gasteiger partial charge in [0.25, 0.3) is 0 Å². The minimum atomic E-state index is 0.259. The lowest BCUT2D eigenvalue weighted by Gasteiger charge is -2.15. The fourth-order valence-electron chi connectivity index (χ4n) is 1.61. The SMILES string of the molecule is CCC(CC#N)Nc1ccc(C(C)C)cc1. The third-order valence-electron chi connectivity index (χ3n) is 2.78. The molecule has 0 saturated heterocycles. The van der Waals surface area contributed by atoms with E-state index in [0.717, 1.165) is 12.1 Å². The van der Waals surface area contributed by atoms with Gasteiger partial charge in [-0.2, -0.15) is 5.26 Å². The van der Waals surface area contributed by atoms with Gasteiger partial charge < -0.3 is 5.32 Å². The first-order valence-electron chi connectivity index (χ1n) is 5.90. The molecule has 1 aromatic carbocycles. The number of benzene rings is 1. The van der Waals surface area contributed by atoms with Gasteiger partial charge >= 0.3 is 0 Å². The predicted octanol–water partition coefficient (Wildman–Crippen LogP) is 3.91. The highest BCUT2D eigenvalue weighted by Crippen LogP contribution is 2.18. The topological polar surface area (TPSA) is 35.8 Å². The molecule has 0 spiro atoms. The van der Waals surface area contributed by atoms with Gasteiger partial charge in [-0.25, -0.2) is 0 Å². The van der Waals surface area contributed by atoms with Crippen molar-refractivity contribution < 1.29 is 0 Å². The molecule has 16 heavy (non-hydrogen) atoms. The Morgan fingerprint density at radius 1 is 1.25 bits per heavy atom. The monoisotopic (exact) mass is 216 g/mol. The van der Waals surface area contributed by atoms with Crippen molar-refractivity contribution >= 4 is 5.69 Å². The van der Waals surface area contributed by atoms with Gasteiger partial charge in [-0.15, -0.1) is 0 Å². The number of hydrogen-bond acceptors (Lipinski definition) is 2. The minimum Gasteiger partial charge on any atom is -0.381 e. The molecule has 1 atom stereocenters. The van der Waals surface area contributed by atoms with Crippen LogP contribution in [0.5, 0.6) is 0 Å². The molecular weight excluding hydrogens is 196 g/mol. The van der Waals surface area contributed by atoms with E-state index in [4.69, 9.17) is 5.26 Å². The van der Waals surface area contributed by atoms with Gasteiger partial charge in [0, 0.05) is 11.7 Å². The molecule has 1 rings (SSSR count). The maximum atomic E-state index is 8.67. The van der Waals surface area contributed by atoms with E-state index < -0.39 is 0 Å². The van der Waals surface area contributed by atoms with Crippen molar-refractivity contribution in [1.29, 1.82) is 5.26 Å². The lowest BCUT2D eigenvalue weighted by Crippen LogP contribution is -2.17. The summed E-state index contributed by atoms with van der Waals surface area (Å²) in [4.78, 5) is 0. The van der Waals surface area contributed by atoms with Crippen molar-refractivity contribution in [3.8, 4) is 6.07 Å². The number of hydrogen-bond donors (Lipinski definition) is 1. The van der Waals surface area contributed by atoms with Gasteiger partial charge in [0.05, 0.1) is 12.5 Å². The summed E-state index contributed by atoms with van der Waals surface area (Å²) in [7, 11) is 0. The summed E-state index contributed by atoms with van der Waals surface area (Å²) in [5.74, 6) is 0.565. The normalized spacial score (nSPS) is 12.2. The van der Waals surface area contributed by atoms with E-state index in [1.807, 2.05) is 0 Å². The first-order valence-corrected chi connectivity index (χ1v) is 5.90. The summed E-state index contributed by atoms with van der Waals surface area (Å²) in [5, 5.41) is 12.0. The molecule has 1 aromatic rings. The van der Waals surface area contributed by atoms with Crippen LogP contribution < -0.4 is 5.32 Å². The fraction of sp³-hybridized carbons (Fsp3) is 0.500. The summed E-state index contributed by atoms with van der Waals surface area (Å²) < 4.78 is 0. The minimum absolute atomic E-state index is 0.259. The van der Waals surface area contributed by atoms with Gasteiger partial charge in [-0.05, 0) is 30.0 Å². The van der Waals surface area contributed by atoms with Crippen LogP contribution >= 0.6 is 0 Å². The highest BCUT2D eigenvalue weighted by atomic mass is 14.9. The Hall–Kier alpha value is -1.49. The van der Waals surface area contributed by atoms with Crippen LogP contribution in [0.25, 0.3) is 0 Å². The summed E-state index contributed by atoms with van der Waals surface area (Å²) in [6, 6.07) is 10.9. The van der Waals surface area contributed by atoms with E-state index in [9.17, 15) is 0 Å². The number of nitriles is 1. The second kappa shape index (κ2) is 6.17. The lowest BCUT2D eigenvalue weighted by molar-refractivity contribution is 0.711. The van der Waals surface area contributed by atoms with Crippen LogP contribution in [-0.2, 0) is 0 Å². The zero-order chi connectivity index (χ0) is 12.0. The third-order valence-corrected chi connectivity index (χ3v) is 2.78. The molecule has 0 heterocycles.